The fourth-order valence-electron chi connectivity index (χ4n) is 2.93. The zero-order valence-corrected chi connectivity index (χ0v) is 19.2. The molecule has 3 aromatic rings. The fourth-order valence-corrected chi connectivity index (χ4v) is 3.93. The maximum absolute atomic E-state index is 12.9. The minimum Gasteiger partial charge on any atom is -0.497 e. The number of carbonyl (C=O) groups excluding carboxylic acids is 1. The van der Waals surface area contributed by atoms with Crippen LogP contribution in [0.15, 0.2) is 65.6 Å². The van der Waals surface area contributed by atoms with Crippen molar-refractivity contribution in [2.45, 2.75) is 17.6 Å². The van der Waals surface area contributed by atoms with Gasteiger partial charge in [-0.15, -0.1) is 11.8 Å². The summed E-state index contributed by atoms with van der Waals surface area (Å²) in [4.78, 5) is 14.0. The number of benzene rings is 3. The highest BCUT2D eigenvalue weighted by molar-refractivity contribution is 7.98. The number of anilines is 1. The average molecular weight is 458 g/mol. The Morgan fingerprint density at radius 1 is 0.968 bits per heavy atom. The van der Waals surface area contributed by atoms with Gasteiger partial charge in [0.05, 0.1) is 26.5 Å². The van der Waals surface area contributed by atoms with Gasteiger partial charge in [-0.3, -0.25) is 4.79 Å². The van der Waals surface area contributed by atoms with Gasteiger partial charge in [0.15, 0.2) is 0 Å². The van der Waals surface area contributed by atoms with Crippen LogP contribution in [0.5, 0.6) is 17.2 Å². The molecule has 3 aromatic carbocycles. The standard InChI is InChI=1S/C24H24ClNO4S/c1-4-30-22-11-5-16(13-17(22)15-31-20-9-6-18(25)7-10-20)24(27)26-21-14-19(28-2)8-12-23(21)29-3/h5-14H,4,15H2,1-3H3,(H,26,27). The van der Waals surface area contributed by atoms with Gasteiger partial charge in [0.2, 0.25) is 0 Å². The highest BCUT2D eigenvalue weighted by atomic mass is 35.5. The third kappa shape index (κ3) is 6.09. The number of hydrogen-bond acceptors (Lipinski definition) is 5. The van der Waals surface area contributed by atoms with E-state index in [1.54, 1.807) is 50.2 Å². The van der Waals surface area contributed by atoms with E-state index < -0.39 is 0 Å². The lowest BCUT2D eigenvalue weighted by atomic mass is 10.1. The second kappa shape index (κ2) is 11.0. The van der Waals surface area contributed by atoms with E-state index in [-0.39, 0.29) is 5.91 Å². The number of carbonyl (C=O) groups is 1. The van der Waals surface area contributed by atoms with Crippen LogP contribution in [0.2, 0.25) is 5.02 Å². The summed E-state index contributed by atoms with van der Waals surface area (Å²) in [5, 5.41) is 3.60. The molecule has 3 rings (SSSR count). The van der Waals surface area contributed by atoms with Gasteiger partial charge in [0, 0.05) is 32.9 Å². The molecule has 0 unspecified atom stereocenters. The van der Waals surface area contributed by atoms with Gasteiger partial charge >= 0.3 is 0 Å². The average Bonchev–Trinajstić information content (AvgIpc) is 2.79. The van der Waals surface area contributed by atoms with E-state index in [1.165, 1.54) is 0 Å². The highest BCUT2D eigenvalue weighted by Crippen LogP contribution is 2.32. The second-order valence-corrected chi connectivity index (χ2v) is 8.00. The number of halogens is 1. The maximum atomic E-state index is 12.9. The maximum Gasteiger partial charge on any atom is 0.255 e. The van der Waals surface area contributed by atoms with Gasteiger partial charge in [-0.2, -0.15) is 0 Å². The molecule has 0 fully saturated rings. The number of rotatable bonds is 9. The largest absolute Gasteiger partial charge is 0.497 e. The number of hydrogen-bond donors (Lipinski definition) is 1. The van der Waals surface area contributed by atoms with Gasteiger partial charge in [-0.25, -0.2) is 0 Å². The normalized spacial score (nSPS) is 10.5. The van der Waals surface area contributed by atoms with E-state index in [0.29, 0.717) is 40.1 Å². The number of ether oxygens (including phenoxy) is 3. The third-order valence-corrected chi connectivity index (χ3v) is 5.80. The summed E-state index contributed by atoms with van der Waals surface area (Å²) in [6.07, 6.45) is 0. The molecule has 31 heavy (non-hydrogen) atoms. The Hall–Kier alpha value is -2.83. The van der Waals surface area contributed by atoms with E-state index in [1.807, 2.05) is 43.3 Å². The molecule has 1 N–H and O–H groups in total. The Bertz CT molecular complexity index is 1040. The Kier molecular flexibility index (Phi) is 8.09. The molecular formula is C24H24ClNO4S. The van der Waals surface area contributed by atoms with Crippen molar-refractivity contribution in [3.63, 3.8) is 0 Å². The molecule has 0 aromatic heterocycles. The first kappa shape index (κ1) is 22.8. The van der Waals surface area contributed by atoms with E-state index in [0.717, 1.165) is 16.2 Å². The van der Waals surface area contributed by atoms with Crippen LogP contribution in [0.25, 0.3) is 0 Å². The van der Waals surface area contributed by atoms with Crippen molar-refractivity contribution in [2.75, 3.05) is 26.1 Å². The van der Waals surface area contributed by atoms with Crippen molar-refractivity contribution in [2.24, 2.45) is 0 Å². The molecule has 0 saturated carbocycles. The Balaban J connectivity index is 1.81. The number of thioether (sulfide) groups is 1. The molecule has 162 valence electrons. The Morgan fingerprint density at radius 3 is 2.39 bits per heavy atom. The van der Waals surface area contributed by atoms with Crippen LogP contribution in [0.3, 0.4) is 0 Å². The zero-order valence-electron chi connectivity index (χ0n) is 17.6. The molecule has 1 amide bonds. The minimum atomic E-state index is -0.243. The van der Waals surface area contributed by atoms with E-state index in [2.05, 4.69) is 5.32 Å². The molecule has 7 heteroatoms. The lowest BCUT2D eigenvalue weighted by Gasteiger charge is -2.14. The van der Waals surface area contributed by atoms with Crippen LogP contribution in [-0.2, 0) is 5.75 Å². The molecule has 0 spiro atoms. The van der Waals surface area contributed by atoms with Crippen LogP contribution < -0.4 is 19.5 Å². The molecule has 0 aliphatic carbocycles. The van der Waals surface area contributed by atoms with Crippen molar-refractivity contribution in [3.05, 3.63) is 76.8 Å². The predicted molar refractivity (Wildman–Crippen MR) is 126 cm³/mol. The number of methoxy groups -OCH3 is 2. The molecule has 5 nitrogen and oxygen atoms in total. The van der Waals surface area contributed by atoms with E-state index in [9.17, 15) is 4.79 Å². The van der Waals surface area contributed by atoms with Gasteiger partial charge in [0.25, 0.3) is 5.91 Å². The smallest absolute Gasteiger partial charge is 0.255 e. The quantitative estimate of drug-likeness (QED) is 0.382. The SMILES string of the molecule is CCOc1ccc(C(=O)Nc2cc(OC)ccc2OC)cc1CSc1ccc(Cl)cc1. The topological polar surface area (TPSA) is 56.8 Å². The number of amides is 1. The Labute approximate surface area is 191 Å². The van der Waals surface area contributed by atoms with Crippen molar-refractivity contribution >= 4 is 35.0 Å². The molecule has 0 bridgehead atoms. The molecule has 0 aliphatic heterocycles. The molecule has 0 aliphatic rings. The molecular weight excluding hydrogens is 434 g/mol. The second-order valence-electron chi connectivity index (χ2n) is 6.52. The van der Waals surface area contributed by atoms with Crippen LogP contribution >= 0.6 is 23.4 Å². The summed E-state index contributed by atoms with van der Waals surface area (Å²) >= 11 is 7.62. The Morgan fingerprint density at radius 2 is 1.71 bits per heavy atom. The first-order valence-electron chi connectivity index (χ1n) is 9.71. The lowest BCUT2D eigenvalue weighted by Crippen LogP contribution is -2.13. The van der Waals surface area contributed by atoms with Gasteiger partial charge in [-0.1, -0.05) is 11.6 Å². The van der Waals surface area contributed by atoms with Crippen molar-refractivity contribution < 1.29 is 19.0 Å². The summed E-state index contributed by atoms with van der Waals surface area (Å²) in [6, 6.07) is 18.4. The summed E-state index contributed by atoms with van der Waals surface area (Å²) in [7, 11) is 3.13. The van der Waals surface area contributed by atoms with Crippen molar-refractivity contribution in [3.8, 4) is 17.2 Å². The lowest BCUT2D eigenvalue weighted by molar-refractivity contribution is 0.102. The van der Waals surface area contributed by atoms with Crippen LogP contribution in [0.4, 0.5) is 5.69 Å². The van der Waals surface area contributed by atoms with E-state index >= 15 is 0 Å². The zero-order chi connectivity index (χ0) is 22.2. The molecule has 0 atom stereocenters. The van der Waals surface area contributed by atoms with E-state index in [4.69, 9.17) is 25.8 Å². The van der Waals surface area contributed by atoms with Gasteiger partial charge in [-0.05, 0) is 61.5 Å². The van der Waals surface area contributed by atoms with Gasteiger partial charge < -0.3 is 19.5 Å². The molecule has 0 saturated heterocycles. The molecule has 0 radical (unpaired) electrons. The predicted octanol–water partition coefficient (Wildman–Crippen LogP) is 6.30. The monoisotopic (exact) mass is 457 g/mol. The van der Waals surface area contributed by atoms with Crippen molar-refractivity contribution in [1.82, 2.24) is 0 Å². The summed E-state index contributed by atoms with van der Waals surface area (Å²) in [5.41, 5.74) is 2.00. The first-order valence-corrected chi connectivity index (χ1v) is 11.1. The third-order valence-electron chi connectivity index (χ3n) is 4.49. The van der Waals surface area contributed by atoms with Crippen LogP contribution in [0, 0.1) is 0 Å². The number of nitrogens with one attached hydrogen (secondary N) is 1. The fraction of sp³-hybridized carbons (Fsp3) is 0.208. The minimum absolute atomic E-state index is 0.243. The summed E-state index contributed by atoms with van der Waals surface area (Å²) < 4.78 is 16.4. The highest BCUT2D eigenvalue weighted by Gasteiger charge is 2.14. The first-order chi connectivity index (χ1) is 15.0. The van der Waals surface area contributed by atoms with Gasteiger partial charge in [0.1, 0.15) is 17.2 Å². The summed E-state index contributed by atoms with van der Waals surface area (Å²) in [5.74, 6) is 2.36. The van der Waals surface area contributed by atoms with Crippen LogP contribution in [0.1, 0.15) is 22.8 Å². The molecule has 0 heterocycles. The van der Waals surface area contributed by atoms with Crippen LogP contribution in [-0.4, -0.2) is 26.7 Å². The summed E-state index contributed by atoms with van der Waals surface area (Å²) in [6.45, 7) is 2.48. The van der Waals surface area contributed by atoms with Crippen molar-refractivity contribution in [1.29, 1.82) is 0 Å².